The predicted octanol–water partition coefficient (Wildman–Crippen LogP) is 7.81. The van der Waals surface area contributed by atoms with Crippen LogP contribution in [-0.2, 0) is 6.54 Å². The highest BCUT2D eigenvalue weighted by atomic mass is 79.9. The fraction of sp³-hybridized carbons (Fsp3) is 0.0455. The van der Waals surface area contributed by atoms with Crippen molar-refractivity contribution < 1.29 is 19.3 Å². The maximum atomic E-state index is 13.6. The summed E-state index contributed by atoms with van der Waals surface area (Å²) in [5.41, 5.74) is 0.301. The van der Waals surface area contributed by atoms with Gasteiger partial charge in [-0.25, -0.2) is 5.01 Å². The van der Waals surface area contributed by atoms with Crippen molar-refractivity contribution in [2.24, 2.45) is 0 Å². The van der Waals surface area contributed by atoms with E-state index in [1.807, 2.05) is 0 Å². The summed E-state index contributed by atoms with van der Waals surface area (Å²) in [6, 6.07) is 9.40. The fourth-order valence-electron chi connectivity index (χ4n) is 3.48. The van der Waals surface area contributed by atoms with Crippen LogP contribution in [0.4, 0.5) is 5.69 Å². The zero-order valence-electron chi connectivity index (χ0n) is 17.4. The number of amides is 3. The van der Waals surface area contributed by atoms with E-state index in [4.69, 9.17) is 23.2 Å². The van der Waals surface area contributed by atoms with Crippen molar-refractivity contribution >= 4 is 110 Å². The third-order valence-electron chi connectivity index (χ3n) is 5.22. The number of benzene rings is 3. The first-order chi connectivity index (χ1) is 16.9. The molecule has 8 nitrogen and oxygen atoms in total. The number of nitrogens with zero attached hydrogens (tertiary/aromatic N) is 3. The van der Waals surface area contributed by atoms with Crippen molar-refractivity contribution in [2.45, 2.75) is 6.54 Å². The number of rotatable bonds is 5. The quantitative estimate of drug-likeness (QED) is 0.0865. The van der Waals surface area contributed by atoms with Gasteiger partial charge in [0.05, 0.1) is 22.6 Å². The molecule has 0 N–H and O–H groups in total. The van der Waals surface area contributed by atoms with Crippen molar-refractivity contribution in [2.75, 3.05) is 0 Å². The highest BCUT2D eigenvalue weighted by Gasteiger charge is 2.45. The van der Waals surface area contributed by atoms with Gasteiger partial charge in [-0.3, -0.25) is 24.5 Å². The average molecular weight is 786 g/mol. The lowest BCUT2D eigenvalue weighted by molar-refractivity contribution is -0.384. The summed E-state index contributed by atoms with van der Waals surface area (Å²) in [4.78, 5) is 51.2. The standard InChI is InChI=1S/C22H9Br4Cl2N3O5/c23-16-14-15(17(24)19(26)18(16)25)22(34)30(21(14)33)29(8-10-1-4-11(27)7-13(10)28)20(32)9-2-5-12(6-3-9)31(35)36/h1-7H,8H2. The van der Waals surface area contributed by atoms with Gasteiger partial charge in [-0.15, -0.1) is 0 Å². The summed E-state index contributed by atoms with van der Waals surface area (Å²) < 4.78 is 1.62. The van der Waals surface area contributed by atoms with Crippen LogP contribution in [0.25, 0.3) is 0 Å². The first-order valence-corrected chi connectivity index (χ1v) is 13.6. The van der Waals surface area contributed by atoms with Crippen molar-refractivity contribution in [1.82, 2.24) is 10.0 Å². The SMILES string of the molecule is O=C(c1ccc([N+](=O)[O-])cc1)N(Cc1ccc(Cl)cc1Cl)N1C(=O)c2c(Br)c(Br)c(Br)c(Br)c2C1=O. The number of hydrogen-bond acceptors (Lipinski definition) is 5. The molecule has 0 aromatic heterocycles. The molecular weight excluding hydrogens is 777 g/mol. The van der Waals surface area contributed by atoms with Crippen LogP contribution in [0, 0.1) is 10.1 Å². The van der Waals surface area contributed by atoms with Gasteiger partial charge in [0.1, 0.15) is 0 Å². The van der Waals surface area contributed by atoms with Gasteiger partial charge in [-0.05, 0) is 93.5 Å². The number of carbonyl (C=O) groups is 3. The molecule has 0 aliphatic carbocycles. The molecule has 3 amide bonds. The lowest BCUT2D eigenvalue weighted by Crippen LogP contribution is -2.49. The molecule has 0 saturated heterocycles. The summed E-state index contributed by atoms with van der Waals surface area (Å²) >= 11 is 25.8. The van der Waals surface area contributed by atoms with E-state index in [2.05, 4.69) is 63.7 Å². The van der Waals surface area contributed by atoms with E-state index >= 15 is 0 Å². The Hall–Kier alpha value is -1.83. The molecule has 3 aromatic rings. The van der Waals surface area contributed by atoms with Crippen LogP contribution in [0.3, 0.4) is 0 Å². The van der Waals surface area contributed by atoms with Gasteiger partial charge in [0, 0.05) is 45.6 Å². The van der Waals surface area contributed by atoms with Gasteiger partial charge >= 0.3 is 0 Å². The second-order valence-electron chi connectivity index (χ2n) is 7.33. The largest absolute Gasteiger partial charge is 0.282 e. The molecule has 0 fully saturated rings. The molecule has 0 saturated carbocycles. The molecule has 0 bridgehead atoms. The summed E-state index contributed by atoms with van der Waals surface area (Å²) in [5, 5.41) is 13.3. The molecule has 1 aliphatic heterocycles. The second-order valence-corrected chi connectivity index (χ2v) is 11.3. The molecule has 1 aliphatic rings. The summed E-state index contributed by atoms with van der Waals surface area (Å²) in [6.45, 7) is -0.269. The Bertz CT molecular complexity index is 1440. The number of fused-ring (bicyclic) bond motifs is 1. The van der Waals surface area contributed by atoms with E-state index in [1.165, 1.54) is 18.2 Å². The molecule has 0 radical (unpaired) electrons. The number of hydrazine groups is 1. The summed E-state index contributed by atoms with van der Waals surface area (Å²) in [7, 11) is 0. The molecular formula is C22H9Br4Cl2N3O5. The molecule has 36 heavy (non-hydrogen) atoms. The van der Waals surface area contributed by atoms with Gasteiger partial charge in [0.15, 0.2) is 0 Å². The second kappa shape index (κ2) is 10.5. The number of non-ortho nitro benzene ring substituents is 1. The lowest BCUT2D eigenvalue weighted by Gasteiger charge is -2.30. The van der Waals surface area contributed by atoms with Crippen molar-refractivity contribution in [1.29, 1.82) is 0 Å². The normalized spacial score (nSPS) is 12.7. The predicted molar refractivity (Wildman–Crippen MR) is 147 cm³/mol. The number of nitro groups is 1. The average Bonchev–Trinajstić information content (AvgIpc) is 3.10. The van der Waals surface area contributed by atoms with Crippen LogP contribution < -0.4 is 0 Å². The Balaban J connectivity index is 1.85. The molecule has 184 valence electrons. The van der Waals surface area contributed by atoms with E-state index < -0.39 is 22.6 Å². The van der Waals surface area contributed by atoms with Gasteiger partial charge in [-0.1, -0.05) is 29.3 Å². The van der Waals surface area contributed by atoms with Gasteiger partial charge in [-0.2, -0.15) is 5.01 Å². The van der Waals surface area contributed by atoms with Crippen LogP contribution in [0.1, 0.15) is 36.6 Å². The number of nitro benzene ring substituents is 1. The summed E-state index contributed by atoms with van der Waals surface area (Å²) in [5.74, 6) is -2.26. The Kier molecular flexibility index (Phi) is 7.94. The van der Waals surface area contributed by atoms with E-state index in [0.29, 0.717) is 28.5 Å². The maximum absolute atomic E-state index is 13.6. The number of carbonyl (C=O) groups excluding carboxylic acids is 3. The monoisotopic (exact) mass is 781 g/mol. The topological polar surface area (TPSA) is 101 Å². The minimum absolute atomic E-state index is 0.0164. The lowest BCUT2D eigenvalue weighted by atomic mass is 10.1. The molecule has 3 aromatic carbocycles. The zero-order chi connectivity index (χ0) is 26.5. The van der Waals surface area contributed by atoms with Gasteiger partial charge in [0.25, 0.3) is 23.4 Å². The minimum Gasteiger partial charge on any atom is -0.267 e. The number of imide groups is 1. The number of halogens is 6. The highest BCUT2D eigenvalue weighted by molar-refractivity contribution is 9.15. The fourth-order valence-corrected chi connectivity index (χ4v) is 6.40. The van der Waals surface area contributed by atoms with Crippen LogP contribution in [-0.4, -0.2) is 32.7 Å². The smallest absolute Gasteiger partial charge is 0.267 e. The Labute approximate surface area is 247 Å². The molecule has 4 rings (SSSR count). The molecule has 1 heterocycles. The highest BCUT2D eigenvalue weighted by Crippen LogP contribution is 2.46. The van der Waals surface area contributed by atoms with Crippen LogP contribution >= 0.6 is 86.9 Å². The maximum Gasteiger partial charge on any atom is 0.282 e. The van der Waals surface area contributed by atoms with Gasteiger partial charge in [0.2, 0.25) is 0 Å². The molecule has 0 atom stereocenters. The Morgan fingerprint density at radius 3 is 1.89 bits per heavy atom. The van der Waals surface area contributed by atoms with Crippen molar-refractivity contribution in [3.63, 3.8) is 0 Å². The van der Waals surface area contributed by atoms with Crippen molar-refractivity contribution in [3.8, 4) is 0 Å². The van der Waals surface area contributed by atoms with Gasteiger partial charge < -0.3 is 0 Å². The molecule has 14 heteroatoms. The van der Waals surface area contributed by atoms with Crippen LogP contribution in [0.2, 0.25) is 10.0 Å². The van der Waals surface area contributed by atoms with E-state index in [1.54, 1.807) is 12.1 Å². The molecule has 0 unspecified atom stereocenters. The summed E-state index contributed by atoms with van der Waals surface area (Å²) in [6.07, 6.45) is 0. The van der Waals surface area contributed by atoms with E-state index in [-0.39, 0.29) is 33.9 Å². The van der Waals surface area contributed by atoms with Crippen LogP contribution in [0.15, 0.2) is 60.4 Å². The van der Waals surface area contributed by atoms with E-state index in [0.717, 1.165) is 22.2 Å². The van der Waals surface area contributed by atoms with E-state index in [9.17, 15) is 24.5 Å². The first kappa shape index (κ1) is 27.2. The first-order valence-electron chi connectivity index (χ1n) is 9.69. The Morgan fingerprint density at radius 2 is 1.42 bits per heavy atom. The van der Waals surface area contributed by atoms with Crippen molar-refractivity contribution in [3.05, 3.63) is 103 Å². The van der Waals surface area contributed by atoms with Crippen LogP contribution in [0.5, 0.6) is 0 Å². The minimum atomic E-state index is -0.754. The Morgan fingerprint density at radius 1 is 0.889 bits per heavy atom. The molecule has 0 spiro atoms. The number of hydrogen-bond donors (Lipinski definition) is 0. The third kappa shape index (κ3) is 4.74. The third-order valence-corrected chi connectivity index (χ3v) is 10.6. The zero-order valence-corrected chi connectivity index (χ0v) is 25.3.